The molecular weight excluding hydrogens is 274 g/mol. The third-order valence-electron chi connectivity index (χ3n) is 4.64. The van der Waals surface area contributed by atoms with Crippen LogP contribution in [0, 0.1) is 5.92 Å². The van der Waals surface area contributed by atoms with Gasteiger partial charge in [0.15, 0.2) is 0 Å². The number of hydrogen-bond acceptors (Lipinski definition) is 4. The molecule has 0 bridgehead atoms. The van der Waals surface area contributed by atoms with Gasteiger partial charge in [-0.2, -0.15) is 0 Å². The molecule has 3 heterocycles. The lowest BCUT2D eigenvalue weighted by Crippen LogP contribution is -2.38. The minimum Gasteiger partial charge on any atom is -0.332 e. The summed E-state index contributed by atoms with van der Waals surface area (Å²) in [5.41, 5.74) is 3.03. The molecule has 3 rings (SSSR count). The van der Waals surface area contributed by atoms with Crippen molar-refractivity contribution in [3.05, 3.63) is 30.6 Å². The summed E-state index contributed by atoms with van der Waals surface area (Å²) in [6.45, 7) is 6.97. The highest BCUT2D eigenvalue weighted by Gasteiger charge is 2.21. The number of nitrogens with zero attached hydrogens (tertiary/aromatic N) is 5. The Morgan fingerprint density at radius 3 is 2.55 bits per heavy atom. The topological polar surface area (TPSA) is 46.8 Å². The van der Waals surface area contributed by atoms with E-state index in [9.17, 15) is 0 Å². The lowest BCUT2D eigenvalue weighted by atomic mass is 9.91. The smallest absolute Gasteiger partial charge is 0.107 e. The van der Waals surface area contributed by atoms with Gasteiger partial charge in [-0.1, -0.05) is 0 Å². The Balaban J connectivity index is 1.66. The average molecular weight is 299 g/mol. The Hall–Kier alpha value is -1.75. The van der Waals surface area contributed by atoms with Crippen molar-refractivity contribution >= 4 is 0 Å². The molecular formula is C17H25N5. The van der Waals surface area contributed by atoms with Crippen LogP contribution in [-0.2, 0) is 13.5 Å². The molecule has 2 aromatic heterocycles. The van der Waals surface area contributed by atoms with E-state index in [4.69, 9.17) is 4.98 Å². The molecule has 0 saturated carbocycles. The maximum Gasteiger partial charge on any atom is 0.107 e. The second kappa shape index (κ2) is 6.57. The molecule has 0 unspecified atom stereocenters. The first kappa shape index (κ1) is 15.2. The van der Waals surface area contributed by atoms with Gasteiger partial charge in [-0.15, -0.1) is 0 Å². The Labute approximate surface area is 132 Å². The molecule has 2 aromatic rings. The van der Waals surface area contributed by atoms with E-state index in [1.807, 2.05) is 30.2 Å². The first-order valence-electron chi connectivity index (χ1n) is 8.15. The summed E-state index contributed by atoms with van der Waals surface area (Å²) in [4.78, 5) is 15.9. The summed E-state index contributed by atoms with van der Waals surface area (Å²) in [7, 11) is 1.98. The maximum absolute atomic E-state index is 4.79. The van der Waals surface area contributed by atoms with Crippen molar-refractivity contribution in [3.63, 3.8) is 0 Å². The summed E-state index contributed by atoms with van der Waals surface area (Å²) in [6, 6.07) is 0.661. The van der Waals surface area contributed by atoms with Gasteiger partial charge in [0.2, 0.25) is 0 Å². The molecule has 0 N–H and O–H groups in total. The van der Waals surface area contributed by atoms with E-state index in [0.29, 0.717) is 6.04 Å². The fraction of sp³-hybridized carbons (Fsp3) is 0.588. The Kier molecular flexibility index (Phi) is 4.52. The van der Waals surface area contributed by atoms with Crippen molar-refractivity contribution in [2.45, 2.75) is 39.2 Å². The van der Waals surface area contributed by atoms with Crippen LogP contribution in [0.3, 0.4) is 0 Å². The standard InChI is InChI=1S/C17H25N5/c1-13(2)22-6-4-14(5-7-22)8-15-9-18-10-16(20-15)17-11-19-12-21(17)3/h9-14H,4-8H2,1-3H3. The van der Waals surface area contributed by atoms with E-state index in [-0.39, 0.29) is 0 Å². The number of likely N-dealkylation sites (tertiary alicyclic amines) is 1. The molecule has 0 amide bonds. The summed E-state index contributed by atoms with van der Waals surface area (Å²) >= 11 is 0. The number of aromatic nitrogens is 4. The fourth-order valence-corrected chi connectivity index (χ4v) is 3.20. The zero-order valence-electron chi connectivity index (χ0n) is 13.7. The van der Waals surface area contributed by atoms with Crippen LogP contribution in [0.4, 0.5) is 0 Å². The van der Waals surface area contributed by atoms with Gasteiger partial charge in [-0.3, -0.25) is 4.98 Å². The van der Waals surface area contributed by atoms with Crippen LogP contribution >= 0.6 is 0 Å². The van der Waals surface area contributed by atoms with Crippen LogP contribution in [0.15, 0.2) is 24.9 Å². The monoisotopic (exact) mass is 299 g/mol. The Morgan fingerprint density at radius 2 is 1.91 bits per heavy atom. The largest absolute Gasteiger partial charge is 0.332 e. The van der Waals surface area contributed by atoms with Gasteiger partial charge >= 0.3 is 0 Å². The second-order valence-corrected chi connectivity index (χ2v) is 6.56. The molecule has 5 heteroatoms. The Bertz CT molecular complexity index is 611. The van der Waals surface area contributed by atoms with Gasteiger partial charge in [-0.05, 0) is 52.1 Å². The van der Waals surface area contributed by atoms with Crippen LogP contribution in [0.5, 0.6) is 0 Å². The quantitative estimate of drug-likeness (QED) is 0.870. The van der Waals surface area contributed by atoms with E-state index in [1.54, 1.807) is 6.33 Å². The molecule has 0 spiro atoms. The maximum atomic E-state index is 4.79. The molecule has 1 aliphatic rings. The van der Waals surface area contributed by atoms with Crippen LogP contribution in [-0.4, -0.2) is 43.6 Å². The third-order valence-corrected chi connectivity index (χ3v) is 4.64. The van der Waals surface area contributed by atoms with Gasteiger partial charge in [0.1, 0.15) is 5.69 Å². The molecule has 22 heavy (non-hydrogen) atoms. The number of rotatable bonds is 4. The first-order chi connectivity index (χ1) is 10.6. The minimum atomic E-state index is 0.661. The summed E-state index contributed by atoms with van der Waals surface area (Å²) in [6.07, 6.45) is 10.9. The average Bonchev–Trinajstić information content (AvgIpc) is 2.94. The van der Waals surface area contributed by atoms with E-state index >= 15 is 0 Å². The molecule has 0 radical (unpaired) electrons. The number of aryl methyl sites for hydroxylation is 1. The summed E-state index contributed by atoms with van der Waals surface area (Å²) < 4.78 is 1.98. The van der Waals surface area contributed by atoms with Crippen molar-refractivity contribution in [2.24, 2.45) is 13.0 Å². The summed E-state index contributed by atoms with van der Waals surface area (Å²) in [5.74, 6) is 0.728. The predicted octanol–water partition coefficient (Wildman–Crippen LogP) is 2.54. The molecule has 0 aromatic carbocycles. The third kappa shape index (κ3) is 3.35. The van der Waals surface area contributed by atoms with Crippen molar-refractivity contribution in [1.82, 2.24) is 24.4 Å². The molecule has 1 aliphatic heterocycles. The zero-order chi connectivity index (χ0) is 15.5. The number of piperidine rings is 1. The number of imidazole rings is 1. The van der Waals surface area contributed by atoms with E-state index in [1.165, 1.54) is 25.9 Å². The second-order valence-electron chi connectivity index (χ2n) is 6.56. The van der Waals surface area contributed by atoms with Crippen LogP contribution < -0.4 is 0 Å². The lowest BCUT2D eigenvalue weighted by molar-refractivity contribution is 0.149. The van der Waals surface area contributed by atoms with Crippen molar-refractivity contribution in [1.29, 1.82) is 0 Å². The normalized spacial score (nSPS) is 17.3. The highest BCUT2D eigenvalue weighted by molar-refractivity contribution is 5.52. The van der Waals surface area contributed by atoms with Crippen molar-refractivity contribution in [3.8, 4) is 11.4 Å². The van der Waals surface area contributed by atoms with E-state index in [0.717, 1.165) is 29.4 Å². The zero-order valence-corrected chi connectivity index (χ0v) is 13.7. The molecule has 5 nitrogen and oxygen atoms in total. The van der Waals surface area contributed by atoms with Crippen molar-refractivity contribution in [2.75, 3.05) is 13.1 Å². The lowest BCUT2D eigenvalue weighted by Gasteiger charge is -2.34. The van der Waals surface area contributed by atoms with Crippen LogP contribution in [0.1, 0.15) is 32.4 Å². The molecule has 1 saturated heterocycles. The SMILES string of the molecule is CC(C)N1CCC(Cc2cncc(-c3cncn3C)n2)CC1. The highest BCUT2D eigenvalue weighted by atomic mass is 15.1. The van der Waals surface area contributed by atoms with Gasteiger partial charge in [0, 0.05) is 19.3 Å². The van der Waals surface area contributed by atoms with Crippen molar-refractivity contribution < 1.29 is 0 Å². The van der Waals surface area contributed by atoms with E-state index in [2.05, 4.69) is 28.7 Å². The molecule has 0 atom stereocenters. The first-order valence-corrected chi connectivity index (χ1v) is 8.15. The fourth-order valence-electron chi connectivity index (χ4n) is 3.20. The highest BCUT2D eigenvalue weighted by Crippen LogP contribution is 2.23. The van der Waals surface area contributed by atoms with Gasteiger partial charge < -0.3 is 9.47 Å². The van der Waals surface area contributed by atoms with Crippen LogP contribution in [0.2, 0.25) is 0 Å². The molecule has 0 aliphatic carbocycles. The van der Waals surface area contributed by atoms with Crippen LogP contribution in [0.25, 0.3) is 11.4 Å². The Morgan fingerprint density at radius 1 is 1.14 bits per heavy atom. The summed E-state index contributed by atoms with van der Waals surface area (Å²) in [5, 5.41) is 0. The van der Waals surface area contributed by atoms with E-state index < -0.39 is 0 Å². The minimum absolute atomic E-state index is 0.661. The molecule has 1 fully saturated rings. The van der Waals surface area contributed by atoms with Gasteiger partial charge in [-0.25, -0.2) is 9.97 Å². The van der Waals surface area contributed by atoms with Gasteiger partial charge in [0.25, 0.3) is 0 Å². The van der Waals surface area contributed by atoms with Gasteiger partial charge in [0.05, 0.1) is 30.1 Å². The molecule has 118 valence electrons. The number of hydrogen-bond donors (Lipinski definition) is 0. The predicted molar refractivity (Wildman–Crippen MR) is 87.4 cm³/mol.